The van der Waals surface area contributed by atoms with E-state index in [4.69, 9.17) is 4.74 Å². The summed E-state index contributed by atoms with van der Waals surface area (Å²) < 4.78 is 33.6. The van der Waals surface area contributed by atoms with Crippen molar-refractivity contribution < 1.29 is 27.9 Å². The molecule has 0 radical (unpaired) electrons. The van der Waals surface area contributed by atoms with Crippen molar-refractivity contribution >= 4 is 23.6 Å². The van der Waals surface area contributed by atoms with Crippen LogP contribution in [-0.2, 0) is 26.3 Å². The van der Waals surface area contributed by atoms with Crippen molar-refractivity contribution in [3.63, 3.8) is 0 Å². The number of imidazole rings is 1. The lowest BCUT2D eigenvalue weighted by Gasteiger charge is -2.32. The minimum atomic E-state index is -0.941. The van der Waals surface area contributed by atoms with E-state index in [0.717, 1.165) is 44.1 Å². The van der Waals surface area contributed by atoms with Crippen LogP contribution in [0.1, 0.15) is 62.5 Å². The number of nitrogens with zero attached hydrogens (tertiary/aromatic N) is 3. The van der Waals surface area contributed by atoms with Gasteiger partial charge in [-0.05, 0) is 63.9 Å². The molecule has 0 saturated carbocycles. The fraction of sp³-hybridized carbons (Fsp3) is 0.538. The Morgan fingerprint density at radius 1 is 1.14 bits per heavy atom. The van der Waals surface area contributed by atoms with Gasteiger partial charge in [0.15, 0.2) is 11.5 Å². The van der Waals surface area contributed by atoms with Crippen molar-refractivity contribution in [1.29, 1.82) is 0 Å². The highest BCUT2D eigenvalue weighted by atomic mass is 19.1. The molecule has 1 fully saturated rings. The number of nitrogens with one attached hydrogen (secondary N) is 2. The van der Waals surface area contributed by atoms with Crippen LogP contribution in [0.2, 0.25) is 0 Å². The molecule has 3 rings (SSSR count). The molecule has 0 spiro atoms. The number of methoxy groups -OCH3 is 1. The monoisotopic (exact) mass is 519 g/mol. The molecular weight excluding hydrogens is 484 g/mol. The summed E-state index contributed by atoms with van der Waals surface area (Å²) >= 11 is 0. The van der Waals surface area contributed by atoms with Crippen molar-refractivity contribution in [3.05, 3.63) is 47.4 Å². The molecule has 2 amide bonds. The molecule has 1 aliphatic rings. The number of rotatable bonds is 11. The van der Waals surface area contributed by atoms with Crippen LogP contribution < -0.4 is 10.6 Å². The molecule has 1 saturated heterocycles. The lowest BCUT2D eigenvalue weighted by molar-refractivity contribution is -0.126. The summed E-state index contributed by atoms with van der Waals surface area (Å²) in [5.41, 5.74) is -0.254. The number of ether oxygens (including phenoxy) is 1. The summed E-state index contributed by atoms with van der Waals surface area (Å²) in [4.78, 5) is 45.0. The third-order valence-corrected chi connectivity index (χ3v) is 6.37. The van der Waals surface area contributed by atoms with Crippen molar-refractivity contribution in [1.82, 2.24) is 19.8 Å². The van der Waals surface area contributed by atoms with Gasteiger partial charge in [0.1, 0.15) is 17.7 Å². The Bertz CT molecular complexity index is 1110. The Balaban J connectivity index is 1.77. The van der Waals surface area contributed by atoms with E-state index in [-0.39, 0.29) is 23.5 Å². The molecular formula is C26H35F2N5O4. The number of esters is 1. The third-order valence-electron chi connectivity index (χ3n) is 6.37. The smallest absolute Gasteiger partial charge is 0.358 e. The Kier molecular flexibility index (Phi) is 9.36. The van der Waals surface area contributed by atoms with Crippen LogP contribution in [-0.4, -0.2) is 65.0 Å². The van der Waals surface area contributed by atoms with Crippen LogP contribution in [0.5, 0.6) is 0 Å². The van der Waals surface area contributed by atoms with Crippen LogP contribution in [0.3, 0.4) is 0 Å². The maximum absolute atomic E-state index is 13.5. The Labute approximate surface area is 215 Å². The molecule has 9 nitrogen and oxygen atoms in total. The topological polar surface area (TPSA) is 106 Å². The van der Waals surface area contributed by atoms with E-state index >= 15 is 0 Å². The number of halogens is 2. The number of amides is 2. The first-order valence-corrected chi connectivity index (χ1v) is 12.5. The van der Waals surface area contributed by atoms with Gasteiger partial charge < -0.3 is 24.8 Å². The molecule has 1 atom stereocenters. The zero-order chi connectivity index (χ0) is 27.2. The van der Waals surface area contributed by atoms with Gasteiger partial charge in [-0.3, -0.25) is 9.59 Å². The maximum Gasteiger partial charge on any atom is 0.358 e. The summed E-state index contributed by atoms with van der Waals surface area (Å²) in [5.74, 6) is -3.31. The van der Waals surface area contributed by atoms with E-state index in [1.807, 2.05) is 20.8 Å². The first kappa shape index (κ1) is 28.2. The third kappa shape index (κ3) is 7.34. The minimum Gasteiger partial charge on any atom is -0.464 e. The molecule has 1 aromatic heterocycles. The first-order valence-electron chi connectivity index (χ1n) is 12.5. The predicted molar refractivity (Wildman–Crippen MR) is 134 cm³/mol. The molecule has 2 heterocycles. The molecule has 1 aromatic carbocycles. The summed E-state index contributed by atoms with van der Waals surface area (Å²) in [6, 6.07) is 1.91. The second-order valence-electron chi connectivity index (χ2n) is 9.95. The lowest BCUT2D eigenvalue weighted by atomic mass is 10.0. The molecule has 0 bridgehead atoms. The molecule has 1 aliphatic heterocycles. The Morgan fingerprint density at radius 3 is 2.38 bits per heavy atom. The number of benzene rings is 1. The fourth-order valence-corrected chi connectivity index (χ4v) is 4.66. The number of carbonyl (C=O) groups excluding carboxylic acids is 3. The maximum atomic E-state index is 13.5. The van der Waals surface area contributed by atoms with Crippen LogP contribution >= 0.6 is 0 Å². The molecule has 2 aromatic rings. The number of anilines is 1. The lowest BCUT2D eigenvalue weighted by Crippen LogP contribution is -2.44. The Hall–Kier alpha value is -3.34. The van der Waals surface area contributed by atoms with Crippen LogP contribution in [0.15, 0.2) is 24.5 Å². The second kappa shape index (κ2) is 12.3. The van der Waals surface area contributed by atoms with Crippen molar-refractivity contribution in [2.45, 2.75) is 64.5 Å². The van der Waals surface area contributed by atoms with E-state index in [0.29, 0.717) is 19.4 Å². The van der Waals surface area contributed by atoms with Gasteiger partial charge in [0.25, 0.3) is 0 Å². The largest absolute Gasteiger partial charge is 0.464 e. The van der Waals surface area contributed by atoms with E-state index < -0.39 is 41.0 Å². The molecule has 2 N–H and O–H groups in total. The second-order valence-corrected chi connectivity index (χ2v) is 9.95. The van der Waals surface area contributed by atoms with Gasteiger partial charge in [-0.15, -0.1) is 0 Å². The highest BCUT2D eigenvalue weighted by Gasteiger charge is 2.33. The minimum absolute atomic E-state index is 0.0360. The van der Waals surface area contributed by atoms with E-state index in [1.54, 1.807) is 4.57 Å². The highest BCUT2D eigenvalue weighted by molar-refractivity contribution is 6.02. The van der Waals surface area contributed by atoms with Gasteiger partial charge in [-0.2, -0.15) is 0 Å². The van der Waals surface area contributed by atoms with E-state index in [1.165, 1.54) is 13.4 Å². The standard InChI is InChI=1S/C26H35F2N5O4/c1-5-8-20(30-21(34)13-17-11-18(27)14-19(28)12-17)24(35)31-23-22(25(36)37-4)33(16-29-23)26(2,3)15-32-9-6-7-10-32/h11-12,14,16,20H,5-10,13,15H2,1-4H3,(H,30,34)(H,31,35). The number of aromatic nitrogens is 2. The summed E-state index contributed by atoms with van der Waals surface area (Å²) in [6.45, 7) is 8.48. The quantitative estimate of drug-likeness (QED) is 0.442. The number of hydrogen-bond acceptors (Lipinski definition) is 6. The van der Waals surface area contributed by atoms with E-state index in [9.17, 15) is 23.2 Å². The zero-order valence-electron chi connectivity index (χ0n) is 21.8. The number of hydrogen-bond donors (Lipinski definition) is 2. The molecule has 11 heteroatoms. The molecule has 1 unspecified atom stereocenters. The fourth-order valence-electron chi connectivity index (χ4n) is 4.66. The average Bonchev–Trinajstić information content (AvgIpc) is 3.47. The van der Waals surface area contributed by atoms with Crippen molar-refractivity contribution in [3.8, 4) is 0 Å². The van der Waals surface area contributed by atoms with Gasteiger partial charge in [0, 0.05) is 12.6 Å². The average molecular weight is 520 g/mol. The van der Waals surface area contributed by atoms with Gasteiger partial charge in [-0.1, -0.05) is 13.3 Å². The van der Waals surface area contributed by atoms with Gasteiger partial charge in [-0.25, -0.2) is 18.6 Å². The predicted octanol–water partition coefficient (Wildman–Crippen LogP) is 3.24. The summed E-state index contributed by atoms with van der Waals surface area (Å²) in [6.07, 6.45) is 4.35. The SMILES string of the molecule is CCCC(NC(=O)Cc1cc(F)cc(F)c1)C(=O)Nc1ncn(C(C)(C)CN2CCCC2)c1C(=O)OC. The van der Waals surface area contributed by atoms with E-state index in [2.05, 4.69) is 20.5 Å². The molecule has 0 aliphatic carbocycles. The van der Waals surface area contributed by atoms with Gasteiger partial charge >= 0.3 is 5.97 Å². The van der Waals surface area contributed by atoms with Crippen LogP contribution in [0.25, 0.3) is 0 Å². The van der Waals surface area contributed by atoms with Crippen LogP contribution in [0, 0.1) is 11.6 Å². The first-order chi connectivity index (χ1) is 17.5. The summed E-state index contributed by atoms with van der Waals surface area (Å²) in [7, 11) is 1.26. The van der Waals surface area contributed by atoms with Gasteiger partial charge in [0.2, 0.25) is 11.8 Å². The normalized spacial score (nSPS) is 14.9. The van der Waals surface area contributed by atoms with Crippen molar-refractivity contribution in [2.24, 2.45) is 0 Å². The van der Waals surface area contributed by atoms with Crippen LogP contribution in [0.4, 0.5) is 14.6 Å². The van der Waals surface area contributed by atoms with Crippen molar-refractivity contribution in [2.75, 3.05) is 32.1 Å². The Morgan fingerprint density at radius 2 is 1.78 bits per heavy atom. The molecule has 202 valence electrons. The number of carbonyl (C=O) groups is 3. The molecule has 37 heavy (non-hydrogen) atoms. The number of likely N-dealkylation sites (tertiary alicyclic amines) is 1. The summed E-state index contributed by atoms with van der Waals surface area (Å²) in [5, 5.41) is 5.28. The zero-order valence-corrected chi connectivity index (χ0v) is 21.8. The van der Waals surface area contributed by atoms with Gasteiger partial charge in [0.05, 0.1) is 25.4 Å². The highest BCUT2D eigenvalue weighted by Crippen LogP contribution is 2.26.